The second-order valence-corrected chi connectivity index (χ2v) is 7.36. The highest BCUT2D eigenvalue weighted by Gasteiger charge is 2.04. The van der Waals surface area contributed by atoms with Crippen LogP contribution in [0.3, 0.4) is 0 Å². The summed E-state index contributed by atoms with van der Waals surface area (Å²) in [6, 6.07) is 29.7. The maximum atomic E-state index is 5.89. The Morgan fingerprint density at radius 3 is 1.87 bits per heavy atom. The van der Waals surface area contributed by atoms with E-state index < -0.39 is 0 Å². The second-order valence-electron chi connectivity index (χ2n) is 6.92. The summed E-state index contributed by atoms with van der Waals surface area (Å²) in [5.41, 5.74) is 2.46. The van der Waals surface area contributed by atoms with E-state index in [1.165, 1.54) is 11.1 Å². The van der Waals surface area contributed by atoms with Crippen LogP contribution in [0.25, 0.3) is 11.1 Å². The van der Waals surface area contributed by atoms with Crippen molar-refractivity contribution in [2.75, 3.05) is 6.61 Å². The molecule has 4 heteroatoms. The lowest BCUT2D eigenvalue weighted by molar-refractivity contribution is -0.697. The van der Waals surface area contributed by atoms with Gasteiger partial charge in [-0.3, -0.25) is 0 Å². The molecule has 0 atom stereocenters. The first-order valence-corrected chi connectivity index (χ1v) is 10.3. The molecule has 0 bridgehead atoms. The molecule has 0 spiro atoms. The van der Waals surface area contributed by atoms with Crippen LogP contribution in [0.5, 0.6) is 17.2 Å². The lowest BCUT2D eigenvalue weighted by Crippen LogP contribution is -2.33. The zero-order valence-corrected chi connectivity index (χ0v) is 17.3. The summed E-state index contributed by atoms with van der Waals surface area (Å²) >= 11 is 5.89. The molecule has 0 aliphatic carbocycles. The number of aromatic nitrogens is 1. The van der Waals surface area contributed by atoms with Crippen LogP contribution in [0.2, 0.25) is 5.02 Å². The van der Waals surface area contributed by atoms with Gasteiger partial charge < -0.3 is 9.47 Å². The van der Waals surface area contributed by atoms with Crippen molar-refractivity contribution >= 4 is 11.6 Å². The number of rotatable bonds is 8. The quantitative estimate of drug-likeness (QED) is 0.240. The molecule has 0 radical (unpaired) electrons. The van der Waals surface area contributed by atoms with Crippen molar-refractivity contribution in [3.05, 3.63) is 108 Å². The lowest BCUT2D eigenvalue weighted by Gasteiger charge is -2.08. The topological polar surface area (TPSA) is 22.3 Å². The van der Waals surface area contributed by atoms with Gasteiger partial charge in [-0.25, -0.2) is 4.57 Å². The highest BCUT2D eigenvalue weighted by Crippen LogP contribution is 2.25. The molecule has 30 heavy (non-hydrogen) atoms. The third kappa shape index (κ3) is 5.62. The molecule has 1 aromatic heterocycles. The molecule has 0 fully saturated rings. The van der Waals surface area contributed by atoms with Crippen molar-refractivity contribution in [3.8, 4) is 28.4 Å². The smallest absolute Gasteiger partial charge is 0.169 e. The Labute approximate surface area is 182 Å². The van der Waals surface area contributed by atoms with Crippen molar-refractivity contribution < 1.29 is 14.0 Å². The summed E-state index contributed by atoms with van der Waals surface area (Å²) in [7, 11) is 0. The summed E-state index contributed by atoms with van der Waals surface area (Å²) in [5, 5.41) is 0.691. The average molecular weight is 417 g/mol. The molecular formula is C26H23ClNO2+. The summed E-state index contributed by atoms with van der Waals surface area (Å²) in [6.45, 7) is 1.57. The number of hydrogen-bond acceptors (Lipinski definition) is 2. The molecule has 150 valence electrons. The third-order valence-electron chi connectivity index (χ3n) is 4.70. The van der Waals surface area contributed by atoms with E-state index in [0.29, 0.717) is 11.6 Å². The Balaban J connectivity index is 1.22. The summed E-state index contributed by atoms with van der Waals surface area (Å²) in [6.07, 6.45) is 5.16. The van der Waals surface area contributed by atoms with Crippen molar-refractivity contribution in [1.82, 2.24) is 0 Å². The molecule has 4 aromatic rings. The fourth-order valence-corrected chi connectivity index (χ4v) is 3.24. The molecule has 0 amide bonds. The van der Waals surface area contributed by atoms with Crippen molar-refractivity contribution in [2.45, 2.75) is 13.0 Å². The van der Waals surface area contributed by atoms with Gasteiger partial charge in [0.05, 0.1) is 6.61 Å². The van der Waals surface area contributed by atoms with E-state index in [9.17, 15) is 0 Å². The summed E-state index contributed by atoms with van der Waals surface area (Å²) < 4.78 is 13.8. The highest BCUT2D eigenvalue weighted by atomic mass is 35.5. The minimum atomic E-state index is 0.658. The van der Waals surface area contributed by atoms with Gasteiger partial charge in [0, 0.05) is 23.6 Å². The van der Waals surface area contributed by atoms with Gasteiger partial charge in [0.2, 0.25) is 0 Å². The number of pyridine rings is 1. The van der Waals surface area contributed by atoms with Crippen LogP contribution in [0.1, 0.15) is 6.42 Å². The van der Waals surface area contributed by atoms with E-state index in [4.69, 9.17) is 21.1 Å². The first-order valence-electron chi connectivity index (χ1n) is 9.97. The number of hydrogen-bond donors (Lipinski definition) is 0. The molecule has 0 saturated heterocycles. The van der Waals surface area contributed by atoms with Gasteiger partial charge in [-0.15, -0.1) is 0 Å². The minimum absolute atomic E-state index is 0.658. The van der Waals surface area contributed by atoms with Crippen LogP contribution in [0.15, 0.2) is 103 Å². The van der Waals surface area contributed by atoms with E-state index in [2.05, 4.69) is 53.4 Å². The first kappa shape index (κ1) is 20.0. The van der Waals surface area contributed by atoms with Crippen molar-refractivity contribution in [2.24, 2.45) is 0 Å². The number of ether oxygens (including phenoxy) is 2. The Morgan fingerprint density at radius 1 is 0.633 bits per heavy atom. The third-order valence-corrected chi connectivity index (χ3v) is 4.95. The molecule has 3 aromatic carbocycles. The minimum Gasteiger partial charge on any atom is -0.493 e. The SMILES string of the molecule is Clc1ccc(Oc2ccc(OCCC[n+]3ccc(-c4ccccc4)cc3)cc2)cc1. The monoisotopic (exact) mass is 416 g/mol. The van der Waals surface area contributed by atoms with Gasteiger partial charge in [0.15, 0.2) is 18.9 Å². The van der Waals surface area contributed by atoms with E-state index in [0.717, 1.165) is 30.2 Å². The first-order chi connectivity index (χ1) is 14.8. The zero-order chi connectivity index (χ0) is 20.6. The van der Waals surface area contributed by atoms with Gasteiger partial charge in [-0.05, 0) is 59.7 Å². The van der Waals surface area contributed by atoms with E-state index in [-0.39, 0.29) is 0 Å². The van der Waals surface area contributed by atoms with Crippen molar-refractivity contribution in [3.63, 3.8) is 0 Å². The molecule has 0 unspecified atom stereocenters. The predicted molar refractivity (Wildman–Crippen MR) is 120 cm³/mol. The predicted octanol–water partition coefficient (Wildman–Crippen LogP) is 6.56. The number of aryl methyl sites for hydroxylation is 1. The van der Waals surface area contributed by atoms with Gasteiger partial charge in [-0.2, -0.15) is 0 Å². The van der Waals surface area contributed by atoms with Crippen LogP contribution < -0.4 is 14.0 Å². The van der Waals surface area contributed by atoms with Gasteiger partial charge in [-0.1, -0.05) is 41.9 Å². The molecule has 0 saturated carbocycles. The second kappa shape index (κ2) is 9.95. The molecule has 0 aliphatic rings. The standard InChI is InChI=1S/C26H23ClNO2/c27-23-7-9-25(10-8-23)30-26-13-11-24(12-14-26)29-20-4-17-28-18-15-22(16-19-28)21-5-2-1-3-6-21/h1-3,5-16,18-19H,4,17,20H2/q+1. The number of halogens is 1. The Hall–Kier alpha value is -3.30. The van der Waals surface area contributed by atoms with Crippen LogP contribution in [0, 0.1) is 0 Å². The maximum absolute atomic E-state index is 5.89. The number of nitrogens with zero attached hydrogens (tertiary/aromatic N) is 1. The lowest BCUT2D eigenvalue weighted by atomic mass is 10.1. The summed E-state index contributed by atoms with van der Waals surface area (Å²) in [4.78, 5) is 0. The van der Waals surface area contributed by atoms with E-state index in [1.54, 1.807) is 0 Å². The van der Waals surface area contributed by atoms with Crippen LogP contribution in [-0.4, -0.2) is 6.61 Å². The van der Waals surface area contributed by atoms with Crippen molar-refractivity contribution in [1.29, 1.82) is 0 Å². The normalized spacial score (nSPS) is 10.6. The largest absolute Gasteiger partial charge is 0.493 e. The number of benzene rings is 3. The summed E-state index contributed by atoms with van der Waals surface area (Å²) in [5.74, 6) is 2.35. The Kier molecular flexibility index (Phi) is 6.63. The van der Waals surface area contributed by atoms with Crippen LogP contribution >= 0.6 is 11.6 Å². The molecule has 3 nitrogen and oxygen atoms in total. The highest BCUT2D eigenvalue weighted by molar-refractivity contribution is 6.30. The van der Waals surface area contributed by atoms with E-state index >= 15 is 0 Å². The fraction of sp³-hybridized carbons (Fsp3) is 0.115. The van der Waals surface area contributed by atoms with Gasteiger partial charge >= 0.3 is 0 Å². The molecule has 1 heterocycles. The van der Waals surface area contributed by atoms with Crippen LogP contribution in [0.4, 0.5) is 0 Å². The maximum Gasteiger partial charge on any atom is 0.169 e. The molecule has 0 aliphatic heterocycles. The van der Waals surface area contributed by atoms with Gasteiger partial charge in [0.1, 0.15) is 17.2 Å². The van der Waals surface area contributed by atoms with Crippen LogP contribution in [-0.2, 0) is 6.54 Å². The zero-order valence-electron chi connectivity index (χ0n) is 16.6. The molecular weight excluding hydrogens is 394 g/mol. The Morgan fingerprint density at radius 2 is 1.20 bits per heavy atom. The molecule has 4 rings (SSSR count). The fourth-order valence-electron chi connectivity index (χ4n) is 3.11. The van der Waals surface area contributed by atoms with E-state index in [1.807, 2.05) is 54.6 Å². The molecule has 0 N–H and O–H groups in total. The van der Waals surface area contributed by atoms with Gasteiger partial charge in [0.25, 0.3) is 0 Å². The Bertz CT molecular complexity index is 1050. The average Bonchev–Trinajstić information content (AvgIpc) is 2.80.